The molecule has 1 heterocycles. The predicted octanol–water partition coefficient (Wildman–Crippen LogP) is 0.293. The van der Waals surface area contributed by atoms with Gasteiger partial charge in [0.1, 0.15) is 0 Å². The molecule has 0 saturated carbocycles. The minimum atomic E-state index is -3.71. The lowest BCUT2D eigenvalue weighted by Gasteiger charge is -2.07. The van der Waals surface area contributed by atoms with Gasteiger partial charge in [0, 0.05) is 17.7 Å². The van der Waals surface area contributed by atoms with E-state index in [1.165, 1.54) is 7.05 Å². The fourth-order valence-electron chi connectivity index (χ4n) is 0.672. The minimum Gasteiger partial charge on any atom is -0.338 e. The predicted molar refractivity (Wildman–Crippen MR) is 45.3 cm³/mol. The van der Waals surface area contributed by atoms with Gasteiger partial charge in [-0.25, -0.2) is 0 Å². The first-order chi connectivity index (χ1) is 5.89. The Morgan fingerprint density at radius 2 is 2.23 bits per heavy atom. The lowest BCUT2D eigenvalue weighted by Crippen LogP contribution is -2.21. The van der Waals surface area contributed by atoms with Crippen molar-refractivity contribution in [3.8, 4) is 0 Å². The van der Waals surface area contributed by atoms with E-state index in [2.05, 4.69) is 10.1 Å². The van der Waals surface area contributed by atoms with Crippen LogP contribution < -0.4 is 0 Å². The van der Waals surface area contributed by atoms with E-state index in [4.69, 9.17) is 15.2 Å². The summed E-state index contributed by atoms with van der Waals surface area (Å²) in [6.45, 7) is 1.62. The lowest BCUT2D eigenvalue weighted by molar-refractivity contribution is 0.337. The molecule has 0 aliphatic carbocycles. The van der Waals surface area contributed by atoms with Crippen LogP contribution in [0.1, 0.15) is 11.7 Å². The van der Waals surface area contributed by atoms with E-state index in [1.54, 1.807) is 6.92 Å². The number of aryl methyl sites for hydroxylation is 1. The maximum Gasteiger partial charge on any atom is 0.300 e. The van der Waals surface area contributed by atoms with Crippen molar-refractivity contribution < 1.29 is 12.9 Å². The zero-order valence-corrected chi connectivity index (χ0v) is 8.63. The number of aromatic nitrogens is 2. The zero-order valence-electron chi connectivity index (χ0n) is 7.06. The summed E-state index contributed by atoms with van der Waals surface area (Å²) >= 11 is 0. The van der Waals surface area contributed by atoms with E-state index < -0.39 is 9.24 Å². The molecule has 13 heavy (non-hydrogen) atoms. The van der Waals surface area contributed by atoms with Crippen LogP contribution in [0.5, 0.6) is 0 Å². The first kappa shape index (κ1) is 10.4. The van der Waals surface area contributed by atoms with Crippen molar-refractivity contribution in [1.82, 2.24) is 14.4 Å². The van der Waals surface area contributed by atoms with Gasteiger partial charge in [0.25, 0.3) is 9.24 Å². The van der Waals surface area contributed by atoms with Crippen LogP contribution in [0.4, 0.5) is 0 Å². The fourth-order valence-corrected chi connectivity index (χ4v) is 1.08. The van der Waals surface area contributed by atoms with Crippen molar-refractivity contribution in [3.63, 3.8) is 0 Å². The van der Waals surface area contributed by atoms with Crippen LogP contribution >= 0.6 is 10.7 Å². The summed E-state index contributed by atoms with van der Waals surface area (Å²) in [6.07, 6.45) is 0. The van der Waals surface area contributed by atoms with Gasteiger partial charge in [0.2, 0.25) is 5.89 Å². The van der Waals surface area contributed by atoms with E-state index in [0.29, 0.717) is 5.82 Å². The van der Waals surface area contributed by atoms with Crippen LogP contribution in [-0.2, 0) is 15.8 Å². The highest BCUT2D eigenvalue weighted by Crippen LogP contribution is 2.08. The Morgan fingerprint density at radius 3 is 2.62 bits per heavy atom. The summed E-state index contributed by atoms with van der Waals surface area (Å²) in [7, 11) is 2.66. The van der Waals surface area contributed by atoms with Crippen molar-refractivity contribution in [1.29, 1.82) is 0 Å². The summed E-state index contributed by atoms with van der Waals surface area (Å²) in [5.41, 5.74) is 0. The Bertz CT molecular complexity index is 387. The van der Waals surface area contributed by atoms with Crippen LogP contribution in [0.2, 0.25) is 0 Å². The summed E-state index contributed by atoms with van der Waals surface area (Å²) < 4.78 is 27.1. The second kappa shape index (κ2) is 3.60. The summed E-state index contributed by atoms with van der Waals surface area (Å²) in [4.78, 5) is 3.82. The average Bonchev–Trinajstić information content (AvgIpc) is 2.33. The highest BCUT2D eigenvalue weighted by atomic mass is 35.7. The Morgan fingerprint density at radius 1 is 1.62 bits per heavy atom. The number of halogens is 1. The molecule has 0 aliphatic heterocycles. The van der Waals surface area contributed by atoms with Gasteiger partial charge in [-0.15, -0.1) is 0 Å². The van der Waals surface area contributed by atoms with Gasteiger partial charge >= 0.3 is 0 Å². The molecule has 0 fully saturated rings. The van der Waals surface area contributed by atoms with E-state index >= 15 is 0 Å². The molecule has 6 nitrogen and oxygen atoms in total. The maximum absolute atomic E-state index is 10.7. The Balaban J connectivity index is 2.71. The lowest BCUT2D eigenvalue weighted by atomic mass is 10.6. The van der Waals surface area contributed by atoms with Crippen molar-refractivity contribution in [3.05, 3.63) is 11.7 Å². The van der Waals surface area contributed by atoms with E-state index in [9.17, 15) is 8.42 Å². The third kappa shape index (κ3) is 2.94. The Labute approximate surface area is 80.0 Å². The van der Waals surface area contributed by atoms with Gasteiger partial charge in [-0.05, 0) is 6.92 Å². The van der Waals surface area contributed by atoms with Crippen LogP contribution in [0, 0.1) is 6.92 Å². The topological polar surface area (TPSA) is 76.3 Å². The number of hydrogen-bond acceptors (Lipinski definition) is 5. The third-order valence-corrected chi connectivity index (χ3v) is 2.88. The first-order valence-corrected chi connectivity index (χ1v) is 5.61. The van der Waals surface area contributed by atoms with Crippen molar-refractivity contribution in [2.75, 3.05) is 7.05 Å². The van der Waals surface area contributed by atoms with Crippen LogP contribution in [0.25, 0.3) is 0 Å². The van der Waals surface area contributed by atoms with Gasteiger partial charge in [0.15, 0.2) is 5.82 Å². The zero-order chi connectivity index (χ0) is 10.1. The molecule has 1 aromatic rings. The maximum atomic E-state index is 10.7. The van der Waals surface area contributed by atoms with Crippen molar-refractivity contribution in [2.45, 2.75) is 13.5 Å². The first-order valence-electron chi connectivity index (χ1n) is 3.34. The second-order valence-electron chi connectivity index (χ2n) is 2.43. The molecule has 0 unspecified atom stereocenters. The Kier molecular flexibility index (Phi) is 2.89. The number of rotatable bonds is 3. The van der Waals surface area contributed by atoms with Gasteiger partial charge in [0.05, 0.1) is 6.54 Å². The average molecular weight is 226 g/mol. The monoisotopic (exact) mass is 225 g/mol. The van der Waals surface area contributed by atoms with E-state index in [1.807, 2.05) is 0 Å². The molecule has 74 valence electrons. The molecule has 0 aliphatic rings. The Hall–Kier alpha value is -0.660. The third-order valence-electron chi connectivity index (χ3n) is 1.30. The number of nitrogens with zero attached hydrogens (tertiary/aromatic N) is 3. The quantitative estimate of drug-likeness (QED) is 0.692. The summed E-state index contributed by atoms with van der Waals surface area (Å²) in [5.74, 6) is 0.666. The molecular weight excluding hydrogens is 218 g/mol. The molecule has 0 bridgehead atoms. The van der Waals surface area contributed by atoms with Gasteiger partial charge in [-0.3, -0.25) is 0 Å². The standard InChI is InChI=1S/C5H8ClN3O3S/c1-4-7-5(12-8-4)3-9(2)13(6,10)11/h3H2,1-2H3. The molecule has 0 atom stereocenters. The van der Waals surface area contributed by atoms with E-state index in [-0.39, 0.29) is 12.4 Å². The molecule has 0 aromatic carbocycles. The van der Waals surface area contributed by atoms with Crippen molar-refractivity contribution >= 4 is 19.9 Å². The van der Waals surface area contributed by atoms with Crippen LogP contribution in [-0.4, -0.2) is 29.9 Å². The molecule has 0 amide bonds. The van der Waals surface area contributed by atoms with Gasteiger partial charge < -0.3 is 4.52 Å². The van der Waals surface area contributed by atoms with Crippen molar-refractivity contribution in [2.24, 2.45) is 0 Å². The molecule has 0 spiro atoms. The molecule has 0 radical (unpaired) electrons. The molecule has 0 saturated heterocycles. The molecule has 0 N–H and O–H groups in total. The molecule has 8 heteroatoms. The van der Waals surface area contributed by atoms with Crippen LogP contribution in [0.3, 0.4) is 0 Å². The fraction of sp³-hybridized carbons (Fsp3) is 0.600. The van der Waals surface area contributed by atoms with Crippen LogP contribution in [0.15, 0.2) is 4.52 Å². The summed E-state index contributed by atoms with van der Waals surface area (Å²) in [5, 5.41) is 3.50. The normalized spacial score (nSPS) is 12.3. The highest BCUT2D eigenvalue weighted by Gasteiger charge is 2.16. The smallest absolute Gasteiger partial charge is 0.300 e. The number of hydrogen-bond donors (Lipinski definition) is 0. The molecule has 1 aromatic heterocycles. The highest BCUT2D eigenvalue weighted by molar-refractivity contribution is 8.11. The van der Waals surface area contributed by atoms with Gasteiger partial charge in [-0.2, -0.15) is 17.7 Å². The van der Waals surface area contributed by atoms with E-state index in [0.717, 1.165) is 4.31 Å². The SMILES string of the molecule is Cc1noc(CN(C)S(=O)(=O)Cl)n1. The van der Waals surface area contributed by atoms with Gasteiger partial charge in [-0.1, -0.05) is 5.16 Å². The molecular formula is C5H8ClN3O3S. The largest absolute Gasteiger partial charge is 0.338 e. The summed E-state index contributed by atoms with van der Waals surface area (Å²) in [6, 6.07) is 0. The second-order valence-corrected chi connectivity index (χ2v) is 5.05. The minimum absolute atomic E-state index is 0.0212. The molecule has 1 rings (SSSR count).